The minimum absolute atomic E-state index is 0.0982. The molecule has 6 nitrogen and oxygen atoms in total. The first-order valence-corrected chi connectivity index (χ1v) is 9.24. The maximum atomic E-state index is 12.3. The van der Waals surface area contributed by atoms with Gasteiger partial charge in [-0.25, -0.2) is 13.1 Å². The zero-order valence-corrected chi connectivity index (χ0v) is 13.7. The Hall–Kier alpha value is -1.60. The second-order valence-electron chi connectivity index (χ2n) is 5.58. The lowest BCUT2D eigenvalue weighted by Gasteiger charge is -2.35. The third kappa shape index (κ3) is 4.99. The van der Waals surface area contributed by atoms with E-state index >= 15 is 0 Å². The van der Waals surface area contributed by atoms with E-state index in [4.69, 9.17) is 4.42 Å². The zero-order valence-electron chi connectivity index (χ0n) is 12.9. The molecule has 0 bridgehead atoms. The number of aryl methyl sites for hydroxylation is 1. The molecule has 1 fully saturated rings. The van der Waals surface area contributed by atoms with Crippen LogP contribution in [0.1, 0.15) is 30.8 Å². The van der Waals surface area contributed by atoms with E-state index in [1.54, 1.807) is 17.0 Å². The molecule has 1 saturated heterocycles. The van der Waals surface area contributed by atoms with Gasteiger partial charge in [0.15, 0.2) is 0 Å². The molecule has 2 heterocycles. The minimum atomic E-state index is -3.25. The van der Waals surface area contributed by atoms with Crippen molar-refractivity contribution in [2.75, 3.05) is 19.3 Å². The first kappa shape index (κ1) is 16.8. The molecule has 1 aliphatic rings. The molecule has 0 saturated carbocycles. The van der Waals surface area contributed by atoms with Gasteiger partial charge in [-0.2, -0.15) is 0 Å². The molecule has 0 radical (unpaired) electrons. The van der Waals surface area contributed by atoms with E-state index in [9.17, 15) is 13.2 Å². The maximum Gasteiger partial charge on any atom is 0.246 e. The highest BCUT2D eigenvalue weighted by Crippen LogP contribution is 2.18. The number of piperidine rings is 1. The highest BCUT2D eigenvalue weighted by atomic mass is 32.2. The number of likely N-dealkylation sites (tertiary alicyclic amines) is 1. The van der Waals surface area contributed by atoms with Crippen LogP contribution in [0.25, 0.3) is 6.08 Å². The Kier molecular flexibility index (Phi) is 5.42. The third-order valence-corrected chi connectivity index (χ3v) is 4.33. The van der Waals surface area contributed by atoms with Crippen molar-refractivity contribution in [3.8, 4) is 0 Å². The van der Waals surface area contributed by atoms with Crippen LogP contribution in [0, 0.1) is 6.92 Å². The van der Waals surface area contributed by atoms with Gasteiger partial charge in [-0.05, 0) is 44.4 Å². The van der Waals surface area contributed by atoms with E-state index in [-0.39, 0.29) is 18.5 Å². The van der Waals surface area contributed by atoms with Crippen LogP contribution in [0.2, 0.25) is 0 Å². The summed E-state index contributed by atoms with van der Waals surface area (Å²) in [6.45, 7) is 2.76. The number of rotatable bonds is 5. The van der Waals surface area contributed by atoms with Crippen LogP contribution in [0.5, 0.6) is 0 Å². The zero-order chi connectivity index (χ0) is 16.2. The molecule has 2 rings (SSSR count). The number of hydrogen-bond donors (Lipinski definition) is 1. The van der Waals surface area contributed by atoms with E-state index in [0.29, 0.717) is 12.3 Å². The van der Waals surface area contributed by atoms with E-state index in [1.807, 2.05) is 13.0 Å². The number of nitrogens with zero attached hydrogens (tertiary/aromatic N) is 1. The Morgan fingerprint density at radius 1 is 1.45 bits per heavy atom. The first-order valence-electron chi connectivity index (χ1n) is 7.35. The summed E-state index contributed by atoms with van der Waals surface area (Å²) in [6.07, 6.45) is 7.00. The fourth-order valence-corrected chi connectivity index (χ4v) is 3.04. The normalized spacial score (nSPS) is 19.7. The lowest BCUT2D eigenvalue weighted by molar-refractivity contribution is -0.129. The number of carbonyl (C=O) groups is 1. The highest BCUT2D eigenvalue weighted by Gasteiger charge is 2.25. The summed E-state index contributed by atoms with van der Waals surface area (Å²) in [7, 11) is -3.25. The van der Waals surface area contributed by atoms with Gasteiger partial charge in [0.05, 0.1) is 6.26 Å². The Labute approximate surface area is 131 Å². The van der Waals surface area contributed by atoms with Crippen LogP contribution in [0.4, 0.5) is 0 Å². The molecule has 0 spiro atoms. The first-order chi connectivity index (χ1) is 10.3. The second-order valence-corrected chi connectivity index (χ2v) is 7.42. The average molecular weight is 326 g/mol. The molecule has 1 unspecified atom stereocenters. The maximum absolute atomic E-state index is 12.3. The molecule has 0 aromatic carbocycles. The van der Waals surface area contributed by atoms with Gasteiger partial charge in [-0.15, -0.1) is 0 Å². The number of nitrogens with one attached hydrogen (secondary N) is 1. The number of carbonyl (C=O) groups excluding carboxylic acids is 1. The summed E-state index contributed by atoms with van der Waals surface area (Å²) >= 11 is 0. The van der Waals surface area contributed by atoms with E-state index in [2.05, 4.69) is 4.72 Å². The van der Waals surface area contributed by atoms with Crippen molar-refractivity contribution >= 4 is 22.0 Å². The average Bonchev–Trinajstić information content (AvgIpc) is 2.88. The standard InChI is InChI=1S/C15H22N2O4S/c1-12-6-7-14(21-12)8-9-15(18)17-10-4-3-5-13(17)11-16-22(2,19)20/h6-9,13,16H,3-5,10-11H2,1-2H3/b9-8+. The molecule has 1 aromatic heterocycles. The lowest BCUT2D eigenvalue weighted by Crippen LogP contribution is -2.48. The fraction of sp³-hybridized carbons (Fsp3) is 0.533. The summed E-state index contributed by atoms with van der Waals surface area (Å²) < 4.78 is 30.3. The van der Waals surface area contributed by atoms with Crippen molar-refractivity contribution in [1.82, 2.24) is 9.62 Å². The van der Waals surface area contributed by atoms with Gasteiger partial charge in [0, 0.05) is 25.2 Å². The van der Waals surface area contributed by atoms with E-state index < -0.39 is 10.0 Å². The molecule has 1 N–H and O–H groups in total. The third-order valence-electron chi connectivity index (χ3n) is 3.64. The largest absolute Gasteiger partial charge is 0.462 e. The minimum Gasteiger partial charge on any atom is -0.462 e. The summed E-state index contributed by atoms with van der Waals surface area (Å²) in [5.74, 6) is 1.31. The number of furan rings is 1. The van der Waals surface area contributed by atoms with Crippen LogP contribution in [0.3, 0.4) is 0 Å². The molecular weight excluding hydrogens is 304 g/mol. The number of hydrogen-bond acceptors (Lipinski definition) is 4. The highest BCUT2D eigenvalue weighted by molar-refractivity contribution is 7.88. The Bertz CT molecular complexity index is 648. The Balaban J connectivity index is 2.00. The lowest BCUT2D eigenvalue weighted by atomic mass is 10.0. The van der Waals surface area contributed by atoms with Gasteiger partial charge < -0.3 is 9.32 Å². The van der Waals surface area contributed by atoms with Gasteiger partial charge >= 0.3 is 0 Å². The summed E-state index contributed by atoms with van der Waals surface area (Å²) in [6, 6.07) is 3.54. The molecule has 1 aromatic rings. The van der Waals surface area contributed by atoms with Crippen molar-refractivity contribution in [2.45, 2.75) is 32.2 Å². The fourth-order valence-electron chi connectivity index (χ4n) is 2.54. The van der Waals surface area contributed by atoms with Crippen molar-refractivity contribution in [2.24, 2.45) is 0 Å². The summed E-state index contributed by atoms with van der Waals surface area (Å²) in [4.78, 5) is 14.1. The molecule has 1 atom stereocenters. The van der Waals surface area contributed by atoms with Gasteiger partial charge in [0.2, 0.25) is 15.9 Å². The number of amides is 1. The molecule has 1 amide bonds. The second kappa shape index (κ2) is 7.11. The topological polar surface area (TPSA) is 79.6 Å². The van der Waals surface area contributed by atoms with Crippen LogP contribution in [0.15, 0.2) is 22.6 Å². The van der Waals surface area contributed by atoms with Crippen molar-refractivity contribution in [1.29, 1.82) is 0 Å². The van der Waals surface area contributed by atoms with Crippen molar-refractivity contribution in [3.05, 3.63) is 29.7 Å². The van der Waals surface area contributed by atoms with Gasteiger partial charge in [-0.1, -0.05) is 0 Å². The Morgan fingerprint density at radius 3 is 2.86 bits per heavy atom. The van der Waals surface area contributed by atoms with Crippen LogP contribution in [-0.2, 0) is 14.8 Å². The van der Waals surface area contributed by atoms with Gasteiger partial charge in [0.1, 0.15) is 11.5 Å². The van der Waals surface area contributed by atoms with E-state index in [1.165, 1.54) is 6.08 Å². The quantitative estimate of drug-likeness (QED) is 0.832. The van der Waals surface area contributed by atoms with Crippen LogP contribution in [-0.4, -0.2) is 44.6 Å². The molecule has 1 aliphatic heterocycles. The predicted molar refractivity (Wildman–Crippen MR) is 84.7 cm³/mol. The molecule has 7 heteroatoms. The van der Waals surface area contributed by atoms with Crippen LogP contribution >= 0.6 is 0 Å². The van der Waals surface area contributed by atoms with Crippen molar-refractivity contribution < 1.29 is 17.6 Å². The van der Waals surface area contributed by atoms with Crippen molar-refractivity contribution in [3.63, 3.8) is 0 Å². The van der Waals surface area contributed by atoms with Gasteiger partial charge in [-0.3, -0.25) is 4.79 Å². The van der Waals surface area contributed by atoms with Gasteiger partial charge in [0.25, 0.3) is 0 Å². The summed E-state index contributed by atoms with van der Waals surface area (Å²) in [5, 5.41) is 0. The summed E-state index contributed by atoms with van der Waals surface area (Å²) in [5.41, 5.74) is 0. The molecule has 122 valence electrons. The molecule has 0 aliphatic carbocycles. The SMILES string of the molecule is Cc1ccc(/C=C/C(=O)N2CCCCC2CNS(C)(=O)=O)o1. The smallest absolute Gasteiger partial charge is 0.246 e. The molecular formula is C15H22N2O4S. The van der Waals surface area contributed by atoms with E-state index in [0.717, 1.165) is 31.3 Å². The molecule has 22 heavy (non-hydrogen) atoms. The Morgan fingerprint density at radius 2 is 2.23 bits per heavy atom. The van der Waals surface area contributed by atoms with Crippen LogP contribution < -0.4 is 4.72 Å². The monoisotopic (exact) mass is 326 g/mol. The predicted octanol–water partition coefficient (Wildman–Crippen LogP) is 1.53. The number of sulfonamides is 1.